The van der Waals surface area contributed by atoms with Gasteiger partial charge < -0.3 is 18.9 Å². The third-order valence-electron chi connectivity index (χ3n) is 8.31. The summed E-state index contributed by atoms with van der Waals surface area (Å²) in [6.45, 7) is 0.578. The minimum absolute atomic E-state index is 0.0462. The van der Waals surface area contributed by atoms with Crippen LogP contribution < -0.4 is 33.8 Å². The lowest BCUT2D eigenvalue weighted by Crippen LogP contribution is -2.38. The maximum absolute atomic E-state index is 14.1. The molecule has 8 heteroatoms. The van der Waals surface area contributed by atoms with Crippen LogP contribution in [0.1, 0.15) is 40.3 Å². The molecule has 3 aliphatic rings. The first-order valence-electron chi connectivity index (χ1n) is 14.5. The van der Waals surface area contributed by atoms with Gasteiger partial charge >= 0.3 is 0 Å². The van der Waals surface area contributed by atoms with Crippen LogP contribution in [-0.4, -0.2) is 18.5 Å². The number of rotatable bonds is 6. The largest absolute Gasteiger partial charge is 0.493 e. The number of hydrogen-bond donors (Lipinski definition) is 0. The van der Waals surface area contributed by atoms with E-state index in [4.69, 9.17) is 23.9 Å². The average molecular weight is 601 g/mol. The summed E-state index contributed by atoms with van der Waals surface area (Å²) in [6, 6.07) is 30.0. The van der Waals surface area contributed by atoms with E-state index >= 15 is 0 Å². The van der Waals surface area contributed by atoms with E-state index < -0.39 is 0 Å². The molecule has 1 aliphatic carbocycles. The quantitative estimate of drug-likeness (QED) is 0.253. The summed E-state index contributed by atoms with van der Waals surface area (Å²) in [5.74, 6) is 2.65. The Morgan fingerprint density at radius 2 is 1.77 bits per heavy atom. The van der Waals surface area contributed by atoms with E-state index in [0.717, 1.165) is 52.3 Å². The van der Waals surface area contributed by atoms with Crippen molar-refractivity contribution in [3.05, 3.63) is 144 Å². The first kappa shape index (κ1) is 26.5. The molecule has 0 saturated heterocycles. The summed E-state index contributed by atoms with van der Waals surface area (Å²) in [5, 5.41) is 0. The Labute approximate surface area is 257 Å². The zero-order chi connectivity index (χ0) is 29.6. The topological polar surface area (TPSA) is 71.3 Å². The van der Waals surface area contributed by atoms with E-state index in [1.807, 2.05) is 65.2 Å². The van der Waals surface area contributed by atoms with Crippen LogP contribution in [0.2, 0.25) is 0 Å². The monoisotopic (exact) mass is 600 g/mol. The molecular formula is C36H28N2O5S. The lowest BCUT2D eigenvalue weighted by atomic mass is 9.83. The van der Waals surface area contributed by atoms with E-state index in [0.29, 0.717) is 27.4 Å². The molecule has 4 aromatic carbocycles. The highest BCUT2D eigenvalue weighted by Crippen LogP contribution is 2.41. The minimum Gasteiger partial charge on any atom is -0.493 e. The Bertz CT molecular complexity index is 2130. The number of benzene rings is 4. The Hall–Kier alpha value is -5.08. The fourth-order valence-electron chi connectivity index (χ4n) is 6.19. The van der Waals surface area contributed by atoms with E-state index in [1.165, 1.54) is 22.5 Å². The molecule has 44 heavy (non-hydrogen) atoms. The van der Waals surface area contributed by atoms with Gasteiger partial charge in [0.05, 0.1) is 23.4 Å². The zero-order valence-electron chi connectivity index (χ0n) is 24.0. The van der Waals surface area contributed by atoms with Gasteiger partial charge in [0.25, 0.3) is 5.56 Å². The summed E-state index contributed by atoms with van der Waals surface area (Å²) >= 11 is 1.42. The van der Waals surface area contributed by atoms with E-state index in [-0.39, 0.29) is 18.4 Å². The van der Waals surface area contributed by atoms with Gasteiger partial charge in [0.2, 0.25) is 6.79 Å². The molecule has 3 heterocycles. The molecular weight excluding hydrogens is 572 g/mol. The van der Waals surface area contributed by atoms with Crippen LogP contribution in [0.25, 0.3) is 11.8 Å². The average Bonchev–Trinajstić information content (AvgIpc) is 3.66. The van der Waals surface area contributed by atoms with Crippen molar-refractivity contribution in [2.24, 2.45) is 4.99 Å². The number of nitrogens with zero attached hydrogens (tertiary/aromatic N) is 2. The molecule has 5 aromatic rings. The molecule has 2 aliphatic heterocycles. The molecule has 218 valence electrons. The van der Waals surface area contributed by atoms with Crippen molar-refractivity contribution in [2.75, 3.05) is 13.9 Å². The lowest BCUT2D eigenvalue weighted by molar-refractivity contribution is 0.174. The van der Waals surface area contributed by atoms with Gasteiger partial charge in [0.1, 0.15) is 6.61 Å². The Morgan fingerprint density at radius 1 is 0.932 bits per heavy atom. The number of ether oxygens (including phenoxy) is 4. The predicted octanol–water partition coefficient (Wildman–Crippen LogP) is 5.64. The van der Waals surface area contributed by atoms with Crippen molar-refractivity contribution >= 4 is 23.1 Å². The fraction of sp³-hybridized carbons (Fsp3) is 0.167. The van der Waals surface area contributed by atoms with Crippen LogP contribution >= 0.6 is 11.3 Å². The summed E-state index contributed by atoms with van der Waals surface area (Å²) < 4.78 is 25.1. The number of thiazole rings is 1. The third kappa shape index (κ3) is 4.59. The second kappa shape index (κ2) is 10.9. The van der Waals surface area contributed by atoms with Crippen molar-refractivity contribution in [3.63, 3.8) is 0 Å². The molecule has 0 fully saturated rings. The molecule has 7 nitrogen and oxygen atoms in total. The molecule has 1 atom stereocenters. The van der Waals surface area contributed by atoms with Gasteiger partial charge in [-0.3, -0.25) is 9.36 Å². The predicted molar refractivity (Wildman–Crippen MR) is 169 cm³/mol. The molecule has 0 N–H and O–H groups in total. The van der Waals surface area contributed by atoms with Crippen LogP contribution in [0.4, 0.5) is 0 Å². The highest BCUT2D eigenvalue weighted by molar-refractivity contribution is 7.07. The number of fused-ring (bicyclic) bond motifs is 4. The van der Waals surface area contributed by atoms with Crippen LogP contribution in [0.3, 0.4) is 0 Å². The Kier molecular flexibility index (Phi) is 6.56. The lowest BCUT2D eigenvalue weighted by Gasteiger charge is -2.30. The van der Waals surface area contributed by atoms with Gasteiger partial charge in [-0.15, -0.1) is 0 Å². The van der Waals surface area contributed by atoms with Crippen LogP contribution in [0.15, 0.2) is 106 Å². The van der Waals surface area contributed by atoms with Gasteiger partial charge in [-0.25, -0.2) is 4.99 Å². The summed E-state index contributed by atoms with van der Waals surface area (Å²) in [6.07, 6.45) is 3.71. The number of methoxy groups -OCH3 is 1. The molecule has 0 radical (unpaired) electrons. The van der Waals surface area contributed by atoms with Crippen molar-refractivity contribution in [2.45, 2.75) is 25.5 Å². The maximum atomic E-state index is 14.1. The van der Waals surface area contributed by atoms with Gasteiger partial charge in [-0.2, -0.15) is 0 Å². The molecule has 8 rings (SSSR count). The number of allylic oxidation sites excluding steroid dienone is 1. The first-order chi connectivity index (χ1) is 21.7. The van der Waals surface area contributed by atoms with Gasteiger partial charge in [0.15, 0.2) is 27.8 Å². The molecule has 0 unspecified atom stereocenters. The first-order valence-corrected chi connectivity index (χ1v) is 15.4. The van der Waals surface area contributed by atoms with E-state index in [1.54, 1.807) is 7.11 Å². The van der Waals surface area contributed by atoms with E-state index in [9.17, 15) is 4.79 Å². The van der Waals surface area contributed by atoms with Gasteiger partial charge in [-0.05, 0) is 71.0 Å². The zero-order valence-corrected chi connectivity index (χ0v) is 24.8. The Morgan fingerprint density at radius 3 is 2.66 bits per heavy atom. The Balaban J connectivity index is 1.16. The SMILES string of the molecule is COc1cc(/C=c2/sc3n(c2=O)[C@@H](c2ccccc2)C2=C(N=3)c3ccccc3CC2)ccc1OCc1ccc2c(c1)OCO2. The third-order valence-corrected chi connectivity index (χ3v) is 9.29. The van der Waals surface area contributed by atoms with Crippen molar-refractivity contribution in [3.8, 4) is 23.0 Å². The van der Waals surface area contributed by atoms with Gasteiger partial charge in [-0.1, -0.05) is 78.1 Å². The molecule has 0 saturated carbocycles. The highest BCUT2D eigenvalue weighted by Gasteiger charge is 2.32. The number of aromatic nitrogens is 1. The minimum atomic E-state index is -0.195. The highest BCUT2D eigenvalue weighted by atomic mass is 32.1. The van der Waals surface area contributed by atoms with Crippen LogP contribution in [0, 0.1) is 0 Å². The van der Waals surface area contributed by atoms with Crippen molar-refractivity contribution < 1.29 is 18.9 Å². The second-order valence-corrected chi connectivity index (χ2v) is 11.9. The number of aryl methyl sites for hydroxylation is 1. The van der Waals surface area contributed by atoms with Crippen molar-refractivity contribution in [1.82, 2.24) is 4.57 Å². The second-order valence-electron chi connectivity index (χ2n) is 10.9. The maximum Gasteiger partial charge on any atom is 0.271 e. The summed E-state index contributed by atoms with van der Waals surface area (Å²) in [4.78, 5) is 19.9. The molecule has 0 bridgehead atoms. The normalized spacial score (nSPS) is 16.6. The molecule has 1 aromatic heterocycles. The fourth-order valence-corrected chi connectivity index (χ4v) is 7.20. The van der Waals surface area contributed by atoms with E-state index in [2.05, 4.69) is 36.4 Å². The molecule has 0 amide bonds. The standard InChI is InChI=1S/C36H28N2O5S/c1-40-30-17-22(11-15-28(30)41-20-23-12-16-29-31(18-23)43-21-42-29)19-32-35(39)38-34(25-8-3-2-4-9-25)27-14-13-24-7-5-6-10-26(24)33(27)37-36(38)44-32/h2-12,15-19,34H,13-14,20-21H2,1H3/b32-19+/t34-/m0/s1. The van der Waals surface area contributed by atoms with Gasteiger partial charge in [0, 0.05) is 5.56 Å². The van der Waals surface area contributed by atoms with Crippen molar-refractivity contribution in [1.29, 1.82) is 0 Å². The van der Waals surface area contributed by atoms with Crippen LogP contribution in [0.5, 0.6) is 23.0 Å². The number of hydrogen-bond acceptors (Lipinski definition) is 7. The summed E-state index contributed by atoms with van der Waals surface area (Å²) in [5.41, 5.74) is 7.50. The smallest absolute Gasteiger partial charge is 0.271 e. The van der Waals surface area contributed by atoms with Crippen LogP contribution in [-0.2, 0) is 13.0 Å². The molecule has 0 spiro atoms. The summed E-state index contributed by atoms with van der Waals surface area (Å²) in [7, 11) is 1.61.